The minimum atomic E-state index is -0.512. The Hall–Kier alpha value is -4.76. The number of hydrogen-bond donors (Lipinski definition) is 2. The summed E-state index contributed by atoms with van der Waals surface area (Å²) >= 11 is 0. The molecule has 0 aliphatic carbocycles. The van der Waals surface area contributed by atoms with Crippen LogP contribution in [0.15, 0.2) is 78.9 Å². The van der Waals surface area contributed by atoms with Gasteiger partial charge >= 0.3 is 5.97 Å². The Morgan fingerprint density at radius 1 is 0.911 bits per heavy atom. The Bertz CT molecular complexity index is 1570. The van der Waals surface area contributed by atoms with Crippen molar-refractivity contribution >= 4 is 17.6 Å². The molecule has 1 aliphatic heterocycles. The second kappa shape index (κ2) is 15.3. The number of nitrogens with one attached hydrogen (secondary N) is 1. The summed E-state index contributed by atoms with van der Waals surface area (Å²) < 4.78 is 11.0. The number of esters is 1. The fourth-order valence-electron chi connectivity index (χ4n) is 5.54. The molecule has 0 radical (unpaired) electrons. The van der Waals surface area contributed by atoms with E-state index in [2.05, 4.69) is 39.5 Å². The van der Waals surface area contributed by atoms with Gasteiger partial charge in [-0.2, -0.15) is 0 Å². The maximum atomic E-state index is 13.2. The molecular weight excluding hydrogens is 568 g/mol. The fourth-order valence-corrected chi connectivity index (χ4v) is 5.54. The maximum Gasteiger partial charge on any atom is 0.325 e. The molecule has 2 heterocycles. The molecule has 2 N–H and O–H groups in total. The molecule has 1 aliphatic rings. The van der Waals surface area contributed by atoms with Gasteiger partial charge in [-0.1, -0.05) is 66.7 Å². The first-order valence-electron chi connectivity index (χ1n) is 15.5. The monoisotopic (exact) mass is 608 g/mol. The van der Waals surface area contributed by atoms with E-state index in [1.54, 1.807) is 6.92 Å². The molecular formula is C36H40N4O5. The summed E-state index contributed by atoms with van der Waals surface area (Å²) in [6.45, 7) is 5.66. The smallest absolute Gasteiger partial charge is 0.325 e. The van der Waals surface area contributed by atoms with Crippen LogP contribution in [0, 0.1) is 12.8 Å². The second-order valence-corrected chi connectivity index (χ2v) is 11.2. The average Bonchev–Trinajstić information content (AvgIpc) is 3.07. The Labute approximate surface area is 264 Å². The summed E-state index contributed by atoms with van der Waals surface area (Å²) in [6, 6.07) is 26.3. The van der Waals surface area contributed by atoms with Gasteiger partial charge in [0.15, 0.2) is 11.4 Å². The van der Waals surface area contributed by atoms with Crippen LogP contribution in [-0.4, -0.2) is 53.2 Å². The molecule has 5 rings (SSSR count). The van der Waals surface area contributed by atoms with Gasteiger partial charge < -0.3 is 24.8 Å². The summed E-state index contributed by atoms with van der Waals surface area (Å²) in [5.41, 5.74) is 6.03. The van der Waals surface area contributed by atoms with Crippen molar-refractivity contribution in [2.24, 2.45) is 5.92 Å². The lowest BCUT2D eigenvalue weighted by molar-refractivity contribution is -0.141. The highest BCUT2D eigenvalue weighted by Gasteiger charge is 2.25. The second-order valence-electron chi connectivity index (χ2n) is 11.2. The van der Waals surface area contributed by atoms with Crippen molar-refractivity contribution in [2.75, 3.05) is 31.1 Å². The Kier molecular flexibility index (Phi) is 10.8. The lowest BCUT2D eigenvalue weighted by Crippen LogP contribution is -2.35. The first-order valence-corrected chi connectivity index (χ1v) is 15.5. The van der Waals surface area contributed by atoms with Crippen LogP contribution in [0.4, 0.5) is 5.69 Å². The Morgan fingerprint density at radius 3 is 2.22 bits per heavy atom. The number of ether oxygens (including phenoxy) is 2. The number of hydrogen-bond acceptors (Lipinski definition) is 8. The van der Waals surface area contributed by atoms with Crippen molar-refractivity contribution in [1.82, 2.24) is 15.3 Å². The molecule has 1 fully saturated rings. The zero-order valence-electron chi connectivity index (χ0n) is 25.9. The van der Waals surface area contributed by atoms with Gasteiger partial charge in [0.25, 0.3) is 5.91 Å². The third-order valence-electron chi connectivity index (χ3n) is 8.01. The van der Waals surface area contributed by atoms with Crippen LogP contribution in [-0.2, 0) is 29.2 Å². The standard InChI is InChI=1S/C36H40N4O5/c1-3-44-33(42)22-37-36(43)34-35(45-24-28-7-5-4-6-8-28)25(2)38-32(39-34)21-26-17-19-40(20-18-26)31-15-13-30(14-16-31)29-11-9-27(23-41)10-12-29/h4-16,26,41H,3,17-24H2,1-2H3,(H,37,43). The number of nitrogens with zero attached hydrogens (tertiary/aromatic N) is 3. The van der Waals surface area contributed by atoms with Crippen molar-refractivity contribution in [1.29, 1.82) is 0 Å². The van der Waals surface area contributed by atoms with Crippen molar-refractivity contribution in [3.05, 3.63) is 107 Å². The number of piperidine rings is 1. The van der Waals surface area contributed by atoms with E-state index >= 15 is 0 Å². The van der Waals surface area contributed by atoms with Crippen LogP contribution >= 0.6 is 0 Å². The summed E-state index contributed by atoms with van der Waals surface area (Å²) in [6.07, 6.45) is 2.60. The van der Waals surface area contributed by atoms with Gasteiger partial charge in [-0.3, -0.25) is 9.59 Å². The summed E-state index contributed by atoms with van der Waals surface area (Å²) in [4.78, 5) is 36.9. The lowest BCUT2D eigenvalue weighted by atomic mass is 9.92. The Morgan fingerprint density at radius 2 is 1.58 bits per heavy atom. The normalized spacial score (nSPS) is 13.4. The highest BCUT2D eigenvalue weighted by molar-refractivity contribution is 5.96. The number of amides is 1. The van der Waals surface area contributed by atoms with Crippen molar-refractivity contribution < 1.29 is 24.2 Å². The van der Waals surface area contributed by atoms with Gasteiger partial charge in [0.05, 0.1) is 18.9 Å². The number of benzene rings is 3. The third-order valence-corrected chi connectivity index (χ3v) is 8.01. The van der Waals surface area contributed by atoms with Crippen molar-refractivity contribution in [3.8, 4) is 16.9 Å². The van der Waals surface area contributed by atoms with E-state index in [0.717, 1.165) is 48.2 Å². The number of aliphatic hydroxyl groups is 1. The van der Waals surface area contributed by atoms with Gasteiger partial charge in [-0.25, -0.2) is 9.97 Å². The Balaban J connectivity index is 1.23. The molecule has 234 valence electrons. The molecule has 0 spiro atoms. The predicted octanol–water partition coefficient (Wildman–Crippen LogP) is 5.28. The lowest BCUT2D eigenvalue weighted by Gasteiger charge is -2.33. The molecule has 3 aromatic carbocycles. The van der Waals surface area contributed by atoms with Crippen molar-refractivity contribution in [2.45, 2.75) is 46.3 Å². The van der Waals surface area contributed by atoms with Crippen molar-refractivity contribution in [3.63, 3.8) is 0 Å². The minimum absolute atomic E-state index is 0.0446. The van der Waals surface area contributed by atoms with Gasteiger partial charge in [-0.15, -0.1) is 0 Å². The van der Waals surface area contributed by atoms with Gasteiger partial charge in [0, 0.05) is 25.2 Å². The van der Waals surface area contributed by atoms with E-state index in [9.17, 15) is 14.7 Å². The summed E-state index contributed by atoms with van der Waals surface area (Å²) in [7, 11) is 0. The highest BCUT2D eigenvalue weighted by atomic mass is 16.5. The fraction of sp³-hybridized carbons (Fsp3) is 0.333. The molecule has 4 aromatic rings. The summed E-state index contributed by atoms with van der Waals surface area (Å²) in [5.74, 6) is 0.265. The van der Waals surface area contributed by atoms with E-state index < -0.39 is 11.9 Å². The van der Waals surface area contributed by atoms with E-state index in [-0.39, 0.29) is 32.1 Å². The van der Waals surface area contributed by atoms with Crippen LogP contribution in [0.3, 0.4) is 0 Å². The number of aryl methyl sites for hydroxylation is 1. The van der Waals surface area contributed by atoms with Crippen LogP contribution < -0.4 is 15.0 Å². The number of anilines is 1. The zero-order valence-corrected chi connectivity index (χ0v) is 25.9. The first kappa shape index (κ1) is 31.7. The minimum Gasteiger partial charge on any atom is -0.485 e. The maximum absolute atomic E-state index is 13.2. The summed E-state index contributed by atoms with van der Waals surface area (Å²) in [5, 5.41) is 11.9. The van der Waals surface area contributed by atoms with Gasteiger partial charge in [0.2, 0.25) is 0 Å². The molecule has 9 heteroatoms. The topological polar surface area (TPSA) is 114 Å². The number of aliphatic hydroxyl groups excluding tert-OH is 1. The van der Waals surface area contributed by atoms with E-state index in [0.29, 0.717) is 29.6 Å². The quantitative estimate of drug-likeness (QED) is 0.209. The molecule has 0 saturated carbocycles. The SMILES string of the molecule is CCOC(=O)CNC(=O)c1nc(CC2CCN(c3ccc(-c4ccc(CO)cc4)cc3)CC2)nc(C)c1OCc1ccccc1. The number of carbonyl (C=O) groups excluding carboxylic acids is 2. The predicted molar refractivity (Wildman–Crippen MR) is 173 cm³/mol. The number of rotatable bonds is 12. The molecule has 45 heavy (non-hydrogen) atoms. The van der Waals surface area contributed by atoms with E-state index in [4.69, 9.17) is 14.5 Å². The molecule has 1 aromatic heterocycles. The van der Waals surface area contributed by atoms with Crippen LogP contribution in [0.25, 0.3) is 11.1 Å². The van der Waals surface area contributed by atoms with Gasteiger partial charge in [0.1, 0.15) is 19.0 Å². The van der Waals surface area contributed by atoms with Crippen LogP contribution in [0.5, 0.6) is 5.75 Å². The molecule has 1 amide bonds. The van der Waals surface area contributed by atoms with Gasteiger partial charge in [-0.05, 0) is 67.0 Å². The molecule has 9 nitrogen and oxygen atoms in total. The first-order chi connectivity index (χ1) is 21.9. The zero-order chi connectivity index (χ0) is 31.6. The largest absolute Gasteiger partial charge is 0.485 e. The molecule has 0 unspecified atom stereocenters. The number of aromatic nitrogens is 2. The highest BCUT2D eigenvalue weighted by Crippen LogP contribution is 2.29. The van der Waals surface area contributed by atoms with E-state index in [1.165, 1.54) is 5.69 Å². The van der Waals surface area contributed by atoms with Crippen LogP contribution in [0.2, 0.25) is 0 Å². The third kappa shape index (κ3) is 8.45. The number of carbonyl (C=O) groups is 2. The molecule has 0 bridgehead atoms. The molecule has 1 saturated heterocycles. The average molecular weight is 609 g/mol. The van der Waals surface area contributed by atoms with E-state index in [1.807, 2.05) is 61.5 Å². The van der Waals surface area contributed by atoms with Crippen LogP contribution in [0.1, 0.15) is 52.9 Å². The molecule has 0 atom stereocenters.